The molecule has 9 nitrogen and oxygen atoms in total. The summed E-state index contributed by atoms with van der Waals surface area (Å²) < 4.78 is 11.3. The van der Waals surface area contributed by atoms with E-state index in [2.05, 4.69) is 19.2 Å². The third-order valence-electron chi connectivity index (χ3n) is 14.2. The molecule has 0 aromatic heterocycles. The maximum absolute atomic E-state index is 13.1. The molecule has 1 aliphatic heterocycles. The van der Waals surface area contributed by atoms with Crippen molar-refractivity contribution in [3.63, 3.8) is 0 Å². The van der Waals surface area contributed by atoms with Crippen LogP contribution >= 0.6 is 0 Å². The highest BCUT2D eigenvalue weighted by atomic mass is 16.7. The summed E-state index contributed by atoms with van der Waals surface area (Å²) in [5.74, 6) is -0.136. The molecule has 1 heterocycles. The van der Waals surface area contributed by atoms with E-state index in [4.69, 9.17) is 9.47 Å². The number of rotatable bonds is 50. The van der Waals surface area contributed by atoms with Crippen LogP contribution in [0.25, 0.3) is 0 Å². The molecule has 1 amide bonds. The van der Waals surface area contributed by atoms with Crippen molar-refractivity contribution < 1.29 is 39.8 Å². The fourth-order valence-corrected chi connectivity index (χ4v) is 9.64. The Labute approximate surface area is 402 Å². The highest BCUT2D eigenvalue weighted by Gasteiger charge is 2.44. The van der Waals surface area contributed by atoms with Crippen molar-refractivity contribution >= 4 is 5.91 Å². The second-order valence-electron chi connectivity index (χ2n) is 20.5. The lowest BCUT2D eigenvalue weighted by Crippen LogP contribution is -2.60. The molecule has 0 aromatic carbocycles. The van der Waals surface area contributed by atoms with Gasteiger partial charge < -0.3 is 40.3 Å². The Kier molecular flexibility index (Phi) is 44.9. The highest BCUT2D eigenvalue weighted by Crippen LogP contribution is 2.23. The Hall–Kier alpha value is -0.810. The number of carbonyl (C=O) groups excluding carboxylic acids is 1. The first-order valence-electron chi connectivity index (χ1n) is 28.7. The van der Waals surface area contributed by atoms with Gasteiger partial charge in [-0.1, -0.05) is 277 Å². The number of nitrogens with one attached hydrogen (secondary N) is 1. The zero-order chi connectivity index (χ0) is 47.3. The van der Waals surface area contributed by atoms with E-state index in [0.29, 0.717) is 12.8 Å². The second-order valence-corrected chi connectivity index (χ2v) is 20.5. The lowest BCUT2D eigenvalue weighted by atomic mass is 9.99. The summed E-state index contributed by atoms with van der Waals surface area (Å²) in [4.78, 5) is 13.1. The molecule has 0 saturated carbocycles. The number of amides is 1. The molecule has 9 heteroatoms. The third kappa shape index (κ3) is 36.8. The molecular formula is C56H111NO8. The predicted octanol–water partition coefficient (Wildman–Crippen LogP) is 13.9. The molecule has 1 aliphatic rings. The summed E-state index contributed by atoms with van der Waals surface area (Å²) in [6.45, 7) is 3.88. The van der Waals surface area contributed by atoms with Gasteiger partial charge in [0, 0.05) is 6.42 Å². The maximum Gasteiger partial charge on any atom is 0.220 e. The van der Waals surface area contributed by atoms with Gasteiger partial charge >= 0.3 is 0 Å². The first kappa shape index (κ1) is 62.2. The number of hydrogen-bond donors (Lipinski definition) is 6. The van der Waals surface area contributed by atoms with Gasteiger partial charge in [-0.05, 0) is 12.8 Å². The normalized spacial score (nSPS) is 19.8. The molecule has 7 atom stereocenters. The monoisotopic (exact) mass is 926 g/mol. The van der Waals surface area contributed by atoms with Crippen LogP contribution in [0.3, 0.4) is 0 Å². The molecule has 388 valence electrons. The standard InChI is InChI=1S/C56H111NO8/c1-3-5-7-9-11-13-15-17-19-21-22-23-24-25-26-27-28-30-32-34-36-38-40-42-44-46-52(60)57-49(48-64-56-55(63)54(62)53(61)51(47-58)65-56)50(59)45-43-41-39-37-35-33-31-29-20-18-16-14-12-10-8-6-4-2/h49-51,53-56,58-59,61-63H,3-48H2,1-2H3,(H,57,60)/t49-,50+,51+,53-,54?,55?,56+/m0/s1. The van der Waals surface area contributed by atoms with E-state index >= 15 is 0 Å². The van der Waals surface area contributed by atoms with Crippen molar-refractivity contribution in [3.05, 3.63) is 0 Å². The number of hydrogen-bond acceptors (Lipinski definition) is 8. The van der Waals surface area contributed by atoms with Crippen molar-refractivity contribution in [3.8, 4) is 0 Å². The van der Waals surface area contributed by atoms with Crippen LogP contribution in [0.5, 0.6) is 0 Å². The molecule has 6 N–H and O–H groups in total. The third-order valence-corrected chi connectivity index (χ3v) is 14.2. The van der Waals surface area contributed by atoms with E-state index in [1.807, 2.05) is 0 Å². The molecule has 0 radical (unpaired) electrons. The fourth-order valence-electron chi connectivity index (χ4n) is 9.64. The van der Waals surface area contributed by atoms with Crippen molar-refractivity contribution in [1.82, 2.24) is 5.32 Å². The van der Waals surface area contributed by atoms with Crippen molar-refractivity contribution in [2.24, 2.45) is 0 Å². The van der Waals surface area contributed by atoms with Gasteiger partial charge in [-0.15, -0.1) is 0 Å². The van der Waals surface area contributed by atoms with Crippen LogP contribution in [0.2, 0.25) is 0 Å². The fraction of sp³-hybridized carbons (Fsp3) is 0.982. The van der Waals surface area contributed by atoms with E-state index in [1.165, 1.54) is 231 Å². The van der Waals surface area contributed by atoms with Crippen molar-refractivity contribution in [2.75, 3.05) is 13.2 Å². The first-order valence-corrected chi connectivity index (χ1v) is 28.7. The van der Waals surface area contributed by atoms with Crippen LogP contribution in [0.15, 0.2) is 0 Å². The van der Waals surface area contributed by atoms with E-state index in [-0.39, 0.29) is 12.5 Å². The van der Waals surface area contributed by atoms with Gasteiger partial charge in [-0.2, -0.15) is 0 Å². The van der Waals surface area contributed by atoms with E-state index < -0.39 is 49.5 Å². The average molecular weight is 927 g/mol. The summed E-state index contributed by atoms with van der Waals surface area (Å²) in [5.41, 5.74) is 0. The smallest absolute Gasteiger partial charge is 0.220 e. The molecule has 1 fully saturated rings. The largest absolute Gasteiger partial charge is 0.394 e. The highest BCUT2D eigenvalue weighted by molar-refractivity contribution is 5.76. The lowest BCUT2D eigenvalue weighted by Gasteiger charge is -2.40. The van der Waals surface area contributed by atoms with Crippen LogP contribution in [0.4, 0.5) is 0 Å². The van der Waals surface area contributed by atoms with Crippen molar-refractivity contribution in [1.29, 1.82) is 0 Å². The summed E-state index contributed by atoms with van der Waals surface area (Å²) in [6.07, 6.45) is 48.4. The van der Waals surface area contributed by atoms with Crippen LogP contribution in [-0.2, 0) is 14.3 Å². The quantitative estimate of drug-likeness (QED) is 0.0330. The Morgan fingerprint density at radius 2 is 0.769 bits per heavy atom. The van der Waals surface area contributed by atoms with Crippen molar-refractivity contribution in [2.45, 2.75) is 339 Å². The minimum atomic E-state index is -1.55. The van der Waals surface area contributed by atoms with Gasteiger partial charge in [-0.25, -0.2) is 0 Å². The molecule has 1 rings (SSSR count). The summed E-state index contributed by atoms with van der Waals surface area (Å²) >= 11 is 0. The van der Waals surface area contributed by atoms with E-state index in [9.17, 15) is 30.3 Å². The zero-order valence-corrected chi connectivity index (χ0v) is 43.0. The van der Waals surface area contributed by atoms with Crippen LogP contribution in [0, 0.1) is 0 Å². The Morgan fingerprint density at radius 1 is 0.462 bits per heavy atom. The average Bonchev–Trinajstić information content (AvgIpc) is 3.31. The zero-order valence-electron chi connectivity index (χ0n) is 43.0. The number of unbranched alkanes of at least 4 members (excludes halogenated alkanes) is 40. The molecule has 0 aliphatic carbocycles. The molecule has 2 unspecified atom stereocenters. The summed E-state index contributed by atoms with van der Waals surface area (Å²) in [7, 11) is 0. The SMILES string of the molecule is CCCCCCCCCCCCCCCCCCCCCCCCCCCC(=O)N[C@@H](CO[C@@H]1O[C@H](CO)[C@H](O)C(O)C1O)[C@H](O)CCCCCCCCCCCCCCCCCCC. The number of aliphatic hydroxyl groups excluding tert-OH is 5. The molecular weight excluding hydrogens is 815 g/mol. The molecule has 65 heavy (non-hydrogen) atoms. The van der Waals surface area contributed by atoms with E-state index in [1.54, 1.807) is 0 Å². The Morgan fingerprint density at radius 3 is 1.09 bits per heavy atom. The van der Waals surface area contributed by atoms with Crippen LogP contribution in [0.1, 0.15) is 296 Å². The topological polar surface area (TPSA) is 149 Å². The van der Waals surface area contributed by atoms with Crippen LogP contribution in [-0.4, -0.2) is 87.5 Å². The lowest BCUT2D eigenvalue weighted by molar-refractivity contribution is -0.302. The predicted molar refractivity (Wildman–Crippen MR) is 272 cm³/mol. The summed E-state index contributed by atoms with van der Waals surface area (Å²) in [5, 5.41) is 54.6. The number of aliphatic hydroxyl groups is 5. The minimum absolute atomic E-state index is 0.131. The van der Waals surface area contributed by atoms with Crippen LogP contribution < -0.4 is 5.32 Å². The number of ether oxygens (including phenoxy) is 2. The second kappa shape index (κ2) is 46.9. The maximum atomic E-state index is 13.1. The molecule has 1 saturated heterocycles. The molecule has 0 bridgehead atoms. The van der Waals surface area contributed by atoms with Gasteiger partial charge in [0.05, 0.1) is 25.4 Å². The molecule has 0 spiro atoms. The Bertz CT molecular complexity index is 986. The minimum Gasteiger partial charge on any atom is -0.394 e. The van der Waals surface area contributed by atoms with E-state index in [0.717, 1.165) is 38.5 Å². The number of carbonyl (C=O) groups is 1. The van der Waals surface area contributed by atoms with Gasteiger partial charge in [0.1, 0.15) is 24.4 Å². The van der Waals surface area contributed by atoms with Gasteiger partial charge in [0.25, 0.3) is 0 Å². The van der Waals surface area contributed by atoms with Gasteiger partial charge in [0.2, 0.25) is 5.91 Å². The Balaban J connectivity index is 2.17. The van der Waals surface area contributed by atoms with Gasteiger partial charge in [0.15, 0.2) is 6.29 Å². The molecule has 0 aromatic rings. The van der Waals surface area contributed by atoms with Gasteiger partial charge in [-0.3, -0.25) is 4.79 Å². The first-order chi connectivity index (χ1) is 31.8. The summed E-state index contributed by atoms with van der Waals surface area (Å²) in [6, 6.07) is -0.713.